The lowest BCUT2D eigenvalue weighted by molar-refractivity contribution is -0.139. The first-order valence-electron chi connectivity index (χ1n) is 6.92. The first-order chi connectivity index (χ1) is 8.49. The van der Waals surface area contributed by atoms with Crippen molar-refractivity contribution in [3.8, 4) is 6.07 Å². The highest BCUT2D eigenvalue weighted by Gasteiger charge is 2.45. The van der Waals surface area contributed by atoms with E-state index in [0.29, 0.717) is 32.4 Å². The SMILES string of the molecule is CC1(O)CCN(C(=O)C2(C#N)CCCCCC2)C1. The van der Waals surface area contributed by atoms with Gasteiger partial charge in [-0.1, -0.05) is 25.7 Å². The molecule has 100 valence electrons. The van der Waals surface area contributed by atoms with Gasteiger partial charge in [-0.15, -0.1) is 0 Å². The van der Waals surface area contributed by atoms with Crippen LogP contribution in [0.5, 0.6) is 0 Å². The molecule has 18 heavy (non-hydrogen) atoms. The van der Waals surface area contributed by atoms with E-state index < -0.39 is 11.0 Å². The number of amides is 1. The van der Waals surface area contributed by atoms with Gasteiger partial charge < -0.3 is 10.0 Å². The molecule has 0 spiro atoms. The summed E-state index contributed by atoms with van der Waals surface area (Å²) in [6.45, 7) is 2.71. The maximum absolute atomic E-state index is 12.6. The van der Waals surface area contributed by atoms with Crippen LogP contribution in [0.2, 0.25) is 0 Å². The molecule has 1 saturated carbocycles. The van der Waals surface area contributed by atoms with Crippen LogP contribution in [0.15, 0.2) is 0 Å². The average molecular weight is 250 g/mol. The molecule has 0 bridgehead atoms. The topological polar surface area (TPSA) is 64.3 Å². The molecule has 2 fully saturated rings. The second-order valence-corrected chi connectivity index (χ2v) is 6.08. The highest BCUT2D eigenvalue weighted by Crippen LogP contribution is 2.37. The van der Waals surface area contributed by atoms with Crippen LogP contribution in [0.1, 0.15) is 51.9 Å². The van der Waals surface area contributed by atoms with E-state index in [1.165, 1.54) is 0 Å². The Bertz CT molecular complexity index is 362. The van der Waals surface area contributed by atoms with E-state index in [1.54, 1.807) is 11.8 Å². The lowest BCUT2D eigenvalue weighted by atomic mass is 9.80. The lowest BCUT2D eigenvalue weighted by Gasteiger charge is -2.29. The Kier molecular flexibility index (Phi) is 3.63. The minimum atomic E-state index is -0.822. The van der Waals surface area contributed by atoms with Crippen molar-refractivity contribution in [3.63, 3.8) is 0 Å². The fourth-order valence-electron chi connectivity index (χ4n) is 3.13. The number of hydrogen-bond acceptors (Lipinski definition) is 3. The third-order valence-electron chi connectivity index (χ3n) is 4.32. The van der Waals surface area contributed by atoms with Gasteiger partial charge in [0.15, 0.2) is 0 Å². The molecule has 0 aromatic carbocycles. The van der Waals surface area contributed by atoms with Crippen molar-refractivity contribution in [1.29, 1.82) is 5.26 Å². The second-order valence-electron chi connectivity index (χ2n) is 6.08. The van der Waals surface area contributed by atoms with Gasteiger partial charge in [-0.25, -0.2) is 0 Å². The summed E-state index contributed by atoms with van der Waals surface area (Å²) in [7, 11) is 0. The van der Waals surface area contributed by atoms with Gasteiger partial charge >= 0.3 is 0 Å². The van der Waals surface area contributed by atoms with E-state index in [2.05, 4.69) is 6.07 Å². The van der Waals surface area contributed by atoms with E-state index in [1.807, 2.05) is 0 Å². The van der Waals surface area contributed by atoms with E-state index in [4.69, 9.17) is 0 Å². The molecule has 1 aliphatic carbocycles. The monoisotopic (exact) mass is 250 g/mol. The Morgan fingerprint density at radius 2 is 1.83 bits per heavy atom. The standard InChI is InChI=1S/C14H22N2O2/c1-13(18)8-9-16(11-13)12(17)14(10-15)6-4-2-3-5-7-14/h18H,2-9,11H2,1H3. The summed E-state index contributed by atoms with van der Waals surface area (Å²) in [5, 5.41) is 19.4. The molecule has 1 unspecified atom stereocenters. The maximum atomic E-state index is 12.6. The Morgan fingerprint density at radius 3 is 2.28 bits per heavy atom. The van der Waals surface area contributed by atoms with Crippen molar-refractivity contribution in [2.45, 2.75) is 57.5 Å². The number of likely N-dealkylation sites (tertiary alicyclic amines) is 1. The molecular weight excluding hydrogens is 228 g/mol. The van der Waals surface area contributed by atoms with Gasteiger partial charge in [-0.2, -0.15) is 5.26 Å². The van der Waals surface area contributed by atoms with E-state index in [0.717, 1.165) is 25.7 Å². The lowest BCUT2D eigenvalue weighted by Crippen LogP contribution is -2.43. The second kappa shape index (κ2) is 4.89. The van der Waals surface area contributed by atoms with Gasteiger partial charge in [0.2, 0.25) is 5.91 Å². The van der Waals surface area contributed by atoms with Crippen LogP contribution in [0.4, 0.5) is 0 Å². The van der Waals surface area contributed by atoms with Gasteiger partial charge in [-0.3, -0.25) is 4.79 Å². The number of rotatable bonds is 1. The minimum absolute atomic E-state index is 0.0512. The normalized spacial score (nSPS) is 31.7. The van der Waals surface area contributed by atoms with E-state index >= 15 is 0 Å². The molecule has 1 heterocycles. The van der Waals surface area contributed by atoms with Crippen LogP contribution in [-0.4, -0.2) is 34.6 Å². The highest BCUT2D eigenvalue weighted by atomic mass is 16.3. The minimum Gasteiger partial charge on any atom is -0.388 e. The highest BCUT2D eigenvalue weighted by molar-refractivity contribution is 5.85. The van der Waals surface area contributed by atoms with Crippen LogP contribution in [-0.2, 0) is 4.79 Å². The molecule has 1 N–H and O–H groups in total. The van der Waals surface area contributed by atoms with Crippen molar-refractivity contribution < 1.29 is 9.90 Å². The molecule has 4 nitrogen and oxygen atoms in total. The van der Waals surface area contributed by atoms with Gasteiger partial charge in [-0.05, 0) is 26.2 Å². The zero-order valence-corrected chi connectivity index (χ0v) is 11.1. The summed E-state index contributed by atoms with van der Waals surface area (Å²) in [6.07, 6.45) is 6.14. The molecule has 0 aromatic heterocycles. The smallest absolute Gasteiger partial charge is 0.243 e. The molecule has 0 radical (unpaired) electrons. The fourth-order valence-corrected chi connectivity index (χ4v) is 3.13. The Morgan fingerprint density at radius 1 is 1.22 bits per heavy atom. The molecular formula is C14H22N2O2. The first kappa shape index (κ1) is 13.4. The predicted molar refractivity (Wildman–Crippen MR) is 67.6 cm³/mol. The molecule has 0 aromatic rings. The van der Waals surface area contributed by atoms with E-state index in [-0.39, 0.29) is 5.91 Å². The van der Waals surface area contributed by atoms with Gasteiger partial charge in [0.05, 0.1) is 11.7 Å². The number of nitrogens with zero attached hydrogens (tertiary/aromatic N) is 2. The number of hydrogen-bond donors (Lipinski definition) is 1. The van der Waals surface area contributed by atoms with Crippen LogP contribution in [0, 0.1) is 16.7 Å². The molecule has 1 amide bonds. The van der Waals surface area contributed by atoms with Crippen LogP contribution < -0.4 is 0 Å². The quantitative estimate of drug-likeness (QED) is 0.722. The molecule has 1 atom stereocenters. The number of β-amino-alcohol motifs (C(OH)–C–C–N with tert-alkyl or cyclic N) is 1. The Labute approximate surface area is 109 Å². The third-order valence-corrected chi connectivity index (χ3v) is 4.32. The van der Waals surface area contributed by atoms with Gasteiger partial charge in [0.1, 0.15) is 5.41 Å². The molecule has 4 heteroatoms. The predicted octanol–water partition coefficient (Wildman–Crippen LogP) is 1.83. The van der Waals surface area contributed by atoms with Crippen molar-refractivity contribution in [2.75, 3.05) is 13.1 Å². The zero-order chi connectivity index (χ0) is 13.2. The summed E-state index contributed by atoms with van der Waals surface area (Å²) in [4.78, 5) is 14.3. The number of nitriles is 1. The van der Waals surface area contributed by atoms with Crippen LogP contribution in [0.25, 0.3) is 0 Å². The molecule has 1 saturated heterocycles. The average Bonchev–Trinajstić information content (AvgIpc) is 2.57. The third kappa shape index (κ3) is 2.51. The first-order valence-corrected chi connectivity index (χ1v) is 6.92. The number of carbonyl (C=O) groups is 1. The van der Waals surface area contributed by atoms with Crippen LogP contribution in [0.3, 0.4) is 0 Å². The van der Waals surface area contributed by atoms with Gasteiger partial charge in [0, 0.05) is 13.1 Å². The Balaban J connectivity index is 2.13. The zero-order valence-electron chi connectivity index (χ0n) is 11.1. The molecule has 1 aliphatic heterocycles. The summed E-state index contributed by atoms with van der Waals surface area (Å²) in [5.41, 5.74) is -1.60. The number of carbonyl (C=O) groups excluding carboxylic acids is 1. The van der Waals surface area contributed by atoms with Crippen LogP contribution >= 0.6 is 0 Å². The van der Waals surface area contributed by atoms with Gasteiger partial charge in [0.25, 0.3) is 0 Å². The fraction of sp³-hybridized carbons (Fsp3) is 0.857. The summed E-state index contributed by atoms with van der Waals surface area (Å²) in [6, 6.07) is 2.29. The summed E-state index contributed by atoms with van der Waals surface area (Å²) < 4.78 is 0. The Hall–Kier alpha value is -1.08. The van der Waals surface area contributed by atoms with Crippen molar-refractivity contribution in [3.05, 3.63) is 0 Å². The molecule has 2 rings (SSSR count). The number of aliphatic hydroxyl groups is 1. The van der Waals surface area contributed by atoms with Crippen molar-refractivity contribution in [1.82, 2.24) is 4.90 Å². The van der Waals surface area contributed by atoms with E-state index in [9.17, 15) is 15.2 Å². The summed E-state index contributed by atoms with van der Waals surface area (Å²) >= 11 is 0. The largest absolute Gasteiger partial charge is 0.388 e. The summed E-state index contributed by atoms with van der Waals surface area (Å²) in [5.74, 6) is -0.0512. The van der Waals surface area contributed by atoms with Crippen molar-refractivity contribution in [2.24, 2.45) is 5.41 Å². The van der Waals surface area contributed by atoms with Crippen molar-refractivity contribution >= 4 is 5.91 Å². The molecule has 2 aliphatic rings. The maximum Gasteiger partial charge on any atom is 0.243 e.